The molecule has 0 fully saturated rings. The third-order valence-corrected chi connectivity index (χ3v) is 1.59. The largest absolute Gasteiger partial charge is 0.460 e. The van der Waals surface area contributed by atoms with E-state index < -0.39 is 5.97 Å². The van der Waals surface area contributed by atoms with Crippen LogP contribution in [0.2, 0.25) is 0 Å². The first-order chi connectivity index (χ1) is 7.60. The van der Waals surface area contributed by atoms with Crippen LogP contribution in [-0.4, -0.2) is 25.0 Å². The summed E-state index contributed by atoms with van der Waals surface area (Å²) in [6, 6.07) is 0. The molecule has 0 aliphatic rings. The molecule has 0 saturated carbocycles. The van der Waals surface area contributed by atoms with E-state index in [9.17, 15) is 9.59 Å². The molecule has 0 atom stereocenters. The van der Waals surface area contributed by atoms with E-state index in [1.54, 1.807) is 12.2 Å². The molecule has 0 spiro atoms. The Kier molecular flexibility index (Phi) is 7.49. The molecule has 1 amide bonds. The number of allylic oxidation sites excluding steroid dienone is 3. The Morgan fingerprint density at radius 2 is 2.12 bits per heavy atom. The van der Waals surface area contributed by atoms with Crippen molar-refractivity contribution in [1.29, 1.82) is 0 Å². The van der Waals surface area contributed by atoms with Gasteiger partial charge in [-0.15, -0.1) is 0 Å². The van der Waals surface area contributed by atoms with Crippen LogP contribution in [0, 0.1) is 0 Å². The maximum Gasteiger partial charge on any atom is 0.325 e. The fraction of sp³-hybridized carbons (Fsp3) is 0.333. The maximum absolute atomic E-state index is 11.1. The molecule has 16 heavy (non-hydrogen) atoms. The molecule has 0 aromatic carbocycles. The Hall–Kier alpha value is -1.84. The van der Waals surface area contributed by atoms with Gasteiger partial charge < -0.3 is 10.1 Å². The zero-order valence-electron chi connectivity index (χ0n) is 9.66. The van der Waals surface area contributed by atoms with Crippen molar-refractivity contribution in [2.45, 2.75) is 13.8 Å². The number of hydrogen-bond donors (Lipinski definition) is 1. The van der Waals surface area contributed by atoms with Crippen LogP contribution < -0.4 is 5.32 Å². The van der Waals surface area contributed by atoms with Crippen molar-refractivity contribution < 1.29 is 14.3 Å². The SMILES string of the molecule is C=C/C=C(\C=C/C)COC(=O)CNC(C)=O. The molecule has 0 aromatic heterocycles. The van der Waals surface area contributed by atoms with E-state index >= 15 is 0 Å². The minimum atomic E-state index is -0.463. The van der Waals surface area contributed by atoms with E-state index in [4.69, 9.17) is 4.74 Å². The number of amides is 1. The molecule has 0 aromatic rings. The number of hydrogen-bond acceptors (Lipinski definition) is 3. The number of carbonyl (C=O) groups excluding carboxylic acids is 2. The molecule has 0 bridgehead atoms. The van der Waals surface area contributed by atoms with E-state index in [-0.39, 0.29) is 19.1 Å². The first-order valence-electron chi connectivity index (χ1n) is 4.94. The zero-order valence-corrected chi connectivity index (χ0v) is 9.66. The molecule has 4 heteroatoms. The summed E-state index contributed by atoms with van der Waals surface area (Å²) in [5, 5.41) is 2.36. The standard InChI is InChI=1S/C12H17NO3/c1-4-6-11(7-5-2)9-16-12(15)8-13-10(3)14/h4-7H,1,8-9H2,2-3H3,(H,13,14)/b7-5-,11-6+. The van der Waals surface area contributed by atoms with Gasteiger partial charge in [-0.1, -0.05) is 30.9 Å². The Bertz CT molecular complexity index is 316. The first-order valence-corrected chi connectivity index (χ1v) is 4.94. The summed E-state index contributed by atoms with van der Waals surface area (Å²) < 4.78 is 4.94. The van der Waals surface area contributed by atoms with Crippen LogP contribution in [0.5, 0.6) is 0 Å². The molecule has 0 rings (SSSR count). The highest BCUT2D eigenvalue weighted by atomic mass is 16.5. The van der Waals surface area contributed by atoms with Crippen LogP contribution in [-0.2, 0) is 14.3 Å². The molecule has 0 aliphatic carbocycles. The van der Waals surface area contributed by atoms with Crippen molar-refractivity contribution in [3.05, 3.63) is 36.5 Å². The normalized spacial score (nSPS) is 11.2. The van der Waals surface area contributed by atoms with Crippen molar-refractivity contribution in [3.63, 3.8) is 0 Å². The Labute approximate surface area is 95.7 Å². The van der Waals surface area contributed by atoms with Gasteiger partial charge in [0.25, 0.3) is 0 Å². The summed E-state index contributed by atoms with van der Waals surface area (Å²) in [7, 11) is 0. The first kappa shape index (κ1) is 14.2. The Balaban J connectivity index is 4.01. The highest BCUT2D eigenvalue weighted by Crippen LogP contribution is 1.98. The number of carbonyl (C=O) groups is 2. The van der Waals surface area contributed by atoms with E-state index in [0.717, 1.165) is 5.57 Å². The summed E-state index contributed by atoms with van der Waals surface area (Å²) >= 11 is 0. The Morgan fingerprint density at radius 3 is 2.62 bits per heavy atom. The van der Waals surface area contributed by atoms with E-state index in [2.05, 4.69) is 11.9 Å². The number of rotatable bonds is 6. The van der Waals surface area contributed by atoms with Crippen LogP contribution in [0.1, 0.15) is 13.8 Å². The van der Waals surface area contributed by atoms with E-state index in [1.807, 2.05) is 19.1 Å². The van der Waals surface area contributed by atoms with Gasteiger partial charge in [-0.3, -0.25) is 9.59 Å². The van der Waals surface area contributed by atoms with Crippen LogP contribution >= 0.6 is 0 Å². The summed E-state index contributed by atoms with van der Waals surface area (Å²) in [6.45, 7) is 6.85. The number of ether oxygens (including phenoxy) is 1. The van der Waals surface area contributed by atoms with E-state index in [0.29, 0.717) is 0 Å². The summed E-state index contributed by atoms with van der Waals surface area (Å²) in [5.41, 5.74) is 0.841. The lowest BCUT2D eigenvalue weighted by atomic mass is 10.2. The molecule has 0 radical (unpaired) electrons. The van der Waals surface area contributed by atoms with Gasteiger partial charge in [0.2, 0.25) is 5.91 Å². The molecule has 1 N–H and O–H groups in total. The van der Waals surface area contributed by atoms with Crippen LogP contribution in [0.25, 0.3) is 0 Å². The molecule has 0 aliphatic heterocycles. The fourth-order valence-electron chi connectivity index (χ4n) is 0.929. The third-order valence-electron chi connectivity index (χ3n) is 1.59. The summed E-state index contributed by atoms with van der Waals surface area (Å²) in [6.07, 6.45) is 7.05. The van der Waals surface area contributed by atoms with Gasteiger partial charge in [0.1, 0.15) is 13.2 Å². The maximum atomic E-state index is 11.1. The van der Waals surface area contributed by atoms with E-state index in [1.165, 1.54) is 6.92 Å². The predicted molar refractivity (Wildman–Crippen MR) is 62.7 cm³/mol. The average molecular weight is 223 g/mol. The van der Waals surface area contributed by atoms with Gasteiger partial charge in [-0.25, -0.2) is 0 Å². The summed E-state index contributed by atoms with van der Waals surface area (Å²) in [4.78, 5) is 21.7. The second kappa shape index (κ2) is 8.47. The highest BCUT2D eigenvalue weighted by Gasteiger charge is 2.03. The smallest absolute Gasteiger partial charge is 0.325 e. The third kappa shape index (κ3) is 7.55. The highest BCUT2D eigenvalue weighted by molar-refractivity contribution is 5.80. The number of nitrogens with one attached hydrogen (secondary N) is 1. The van der Waals surface area contributed by atoms with Crippen molar-refractivity contribution in [2.24, 2.45) is 0 Å². The van der Waals surface area contributed by atoms with Gasteiger partial charge in [-0.05, 0) is 12.5 Å². The molecule has 0 saturated heterocycles. The predicted octanol–water partition coefficient (Wildman–Crippen LogP) is 1.35. The minimum Gasteiger partial charge on any atom is -0.460 e. The van der Waals surface area contributed by atoms with Gasteiger partial charge in [-0.2, -0.15) is 0 Å². The van der Waals surface area contributed by atoms with Crippen LogP contribution in [0.3, 0.4) is 0 Å². The second-order valence-electron chi connectivity index (χ2n) is 3.05. The van der Waals surface area contributed by atoms with Gasteiger partial charge in [0.05, 0.1) is 0 Å². The van der Waals surface area contributed by atoms with Crippen LogP contribution in [0.15, 0.2) is 36.5 Å². The molecule has 4 nitrogen and oxygen atoms in total. The van der Waals surface area contributed by atoms with Gasteiger partial charge in [0.15, 0.2) is 0 Å². The van der Waals surface area contributed by atoms with Gasteiger partial charge in [0, 0.05) is 6.92 Å². The fourth-order valence-corrected chi connectivity index (χ4v) is 0.929. The van der Waals surface area contributed by atoms with Crippen molar-refractivity contribution in [3.8, 4) is 0 Å². The van der Waals surface area contributed by atoms with Crippen LogP contribution in [0.4, 0.5) is 0 Å². The summed E-state index contributed by atoms with van der Waals surface area (Å²) in [5.74, 6) is -0.720. The number of esters is 1. The van der Waals surface area contributed by atoms with Crippen molar-refractivity contribution >= 4 is 11.9 Å². The molecular formula is C12H17NO3. The molecular weight excluding hydrogens is 206 g/mol. The quantitative estimate of drug-likeness (QED) is 0.546. The van der Waals surface area contributed by atoms with Crippen molar-refractivity contribution in [2.75, 3.05) is 13.2 Å². The van der Waals surface area contributed by atoms with Crippen molar-refractivity contribution in [1.82, 2.24) is 5.32 Å². The zero-order chi connectivity index (χ0) is 12.4. The second-order valence-corrected chi connectivity index (χ2v) is 3.05. The lowest BCUT2D eigenvalue weighted by molar-refractivity contribution is -0.142. The molecule has 0 unspecified atom stereocenters. The monoisotopic (exact) mass is 223 g/mol. The topological polar surface area (TPSA) is 55.4 Å². The molecule has 0 heterocycles. The van der Waals surface area contributed by atoms with Gasteiger partial charge >= 0.3 is 5.97 Å². The minimum absolute atomic E-state index is 0.105. The lowest BCUT2D eigenvalue weighted by Gasteiger charge is -2.05. The lowest BCUT2D eigenvalue weighted by Crippen LogP contribution is -2.28. The average Bonchev–Trinajstić information content (AvgIpc) is 2.23. The molecule has 88 valence electrons. The Morgan fingerprint density at radius 1 is 1.44 bits per heavy atom.